The van der Waals surface area contributed by atoms with Gasteiger partial charge in [0.2, 0.25) is 11.8 Å². The first-order valence-corrected chi connectivity index (χ1v) is 10.9. The van der Waals surface area contributed by atoms with E-state index in [1.807, 2.05) is 34.6 Å². The smallest absolute Gasteiger partial charge is 0.268 e. The Balaban J connectivity index is 1.72. The van der Waals surface area contributed by atoms with Crippen molar-refractivity contribution in [3.8, 4) is 6.07 Å². The van der Waals surface area contributed by atoms with E-state index in [9.17, 15) is 19.6 Å². The van der Waals surface area contributed by atoms with Crippen LogP contribution in [0.3, 0.4) is 0 Å². The number of fused-ring (bicyclic) bond motifs is 1. The first-order valence-electron chi connectivity index (χ1n) is 10.9. The number of nitrogens with one attached hydrogen (secondary N) is 4. The van der Waals surface area contributed by atoms with Crippen LogP contribution in [0.2, 0.25) is 0 Å². The highest BCUT2D eigenvalue weighted by atomic mass is 16.3. The van der Waals surface area contributed by atoms with Gasteiger partial charge in [-0.25, -0.2) is 0 Å². The minimum absolute atomic E-state index is 0.0966. The summed E-state index contributed by atoms with van der Waals surface area (Å²) in [6, 6.07) is 2.03. The van der Waals surface area contributed by atoms with E-state index in [1.54, 1.807) is 6.07 Å². The van der Waals surface area contributed by atoms with Gasteiger partial charge in [0.15, 0.2) is 5.58 Å². The topological polar surface area (TPSA) is 140 Å². The normalized spacial score (nSPS) is 18.1. The van der Waals surface area contributed by atoms with Crippen LogP contribution >= 0.6 is 0 Å². The molecule has 172 valence electrons. The Morgan fingerprint density at radius 3 is 2.59 bits per heavy atom. The number of rotatable bonds is 7. The van der Waals surface area contributed by atoms with Crippen molar-refractivity contribution in [1.29, 1.82) is 5.26 Å². The summed E-state index contributed by atoms with van der Waals surface area (Å²) < 4.78 is 5.64. The number of amides is 3. The molecule has 3 heterocycles. The summed E-state index contributed by atoms with van der Waals surface area (Å²) in [4.78, 5) is 40.8. The Morgan fingerprint density at radius 2 is 2.03 bits per heavy atom. The highest BCUT2D eigenvalue weighted by Crippen LogP contribution is 2.26. The summed E-state index contributed by atoms with van der Waals surface area (Å²) in [6.45, 7) is 10.2. The Morgan fingerprint density at radius 1 is 1.31 bits per heavy atom. The molecule has 0 aliphatic carbocycles. The standard InChI is InChI=1S/C23H31N5O4/c1-12-13(2)32-18-9-16(27-19(12)18)21(30)28-17(10-23(3,4)5)22(31)26-15(11-24)8-14-6-7-25-20(14)29/h9,14-15,17,27H,6-8,10H2,1-5H3,(H,25,29)(H,26,31)(H,28,30)/t14-,15-,17-/m0/s1. The van der Waals surface area contributed by atoms with Crippen molar-refractivity contribution >= 4 is 28.8 Å². The molecule has 3 amide bonds. The van der Waals surface area contributed by atoms with Crippen LogP contribution in [0.4, 0.5) is 0 Å². The third-order valence-corrected chi connectivity index (χ3v) is 5.79. The molecule has 4 N–H and O–H groups in total. The SMILES string of the molecule is Cc1oc2cc(C(=O)N[C@@H](CC(C)(C)C)C(=O)N[C@H](C#N)C[C@@H]3CCNC3=O)[nH]c2c1C. The Bertz CT molecular complexity index is 1070. The third-order valence-electron chi connectivity index (χ3n) is 5.79. The number of H-pyrrole nitrogens is 1. The predicted octanol–water partition coefficient (Wildman–Crippen LogP) is 2.45. The molecular weight excluding hydrogens is 410 g/mol. The summed E-state index contributed by atoms with van der Waals surface area (Å²) >= 11 is 0. The van der Waals surface area contributed by atoms with Crippen LogP contribution < -0.4 is 16.0 Å². The molecule has 3 rings (SSSR count). The second-order valence-electron chi connectivity index (χ2n) is 9.70. The first-order chi connectivity index (χ1) is 15.0. The van der Waals surface area contributed by atoms with Gasteiger partial charge in [-0.1, -0.05) is 20.8 Å². The van der Waals surface area contributed by atoms with E-state index in [2.05, 4.69) is 27.0 Å². The van der Waals surface area contributed by atoms with Crippen LogP contribution in [-0.2, 0) is 9.59 Å². The zero-order valence-electron chi connectivity index (χ0n) is 19.2. The lowest BCUT2D eigenvalue weighted by atomic mass is 9.87. The zero-order chi connectivity index (χ0) is 23.6. The van der Waals surface area contributed by atoms with Gasteiger partial charge in [-0.05, 0) is 38.5 Å². The number of nitrogens with zero attached hydrogens (tertiary/aromatic N) is 1. The van der Waals surface area contributed by atoms with Crippen molar-refractivity contribution in [2.45, 2.75) is 66.0 Å². The molecule has 1 saturated heterocycles. The molecule has 1 fully saturated rings. The van der Waals surface area contributed by atoms with Crippen molar-refractivity contribution < 1.29 is 18.8 Å². The highest BCUT2D eigenvalue weighted by molar-refractivity contribution is 6.00. The fourth-order valence-electron chi connectivity index (χ4n) is 3.96. The second kappa shape index (κ2) is 9.07. The lowest BCUT2D eigenvalue weighted by Gasteiger charge is -2.27. The molecule has 0 aromatic carbocycles. The average Bonchev–Trinajstić information content (AvgIpc) is 3.37. The number of aromatic nitrogens is 1. The number of hydrogen-bond donors (Lipinski definition) is 4. The molecular formula is C23H31N5O4. The van der Waals surface area contributed by atoms with Gasteiger partial charge in [-0.15, -0.1) is 0 Å². The molecule has 3 atom stereocenters. The molecule has 0 bridgehead atoms. The van der Waals surface area contributed by atoms with Gasteiger partial charge in [0, 0.05) is 24.1 Å². The molecule has 1 aliphatic rings. The average molecular weight is 442 g/mol. The fraction of sp³-hybridized carbons (Fsp3) is 0.565. The van der Waals surface area contributed by atoms with Crippen LogP contribution in [-0.4, -0.2) is 41.3 Å². The summed E-state index contributed by atoms with van der Waals surface area (Å²) in [7, 11) is 0. The van der Waals surface area contributed by atoms with E-state index < -0.39 is 23.9 Å². The molecule has 0 spiro atoms. The number of hydrogen-bond acceptors (Lipinski definition) is 5. The molecule has 0 saturated carbocycles. The van der Waals surface area contributed by atoms with Gasteiger partial charge in [-0.3, -0.25) is 14.4 Å². The first kappa shape index (κ1) is 23.4. The molecule has 0 unspecified atom stereocenters. The van der Waals surface area contributed by atoms with Crippen molar-refractivity contribution in [3.05, 3.63) is 23.1 Å². The van der Waals surface area contributed by atoms with Gasteiger partial charge < -0.3 is 25.4 Å². The summed E-state index contributed by atoms with van der Waals surface area (Å²) in [6.07, 6.45) is 1.26. The van der Waals surface area contributed by atoms with Crippen molar-refractivity contribution in [3.63, 3.8) is 0 Å². The van der Waals surface area contributed by atoms with Crippen molar-refractivity contribution in [1.82, 2.24) is 20.9 Å². The number of furan rings is 1. The van der Waals surface area contributed by atoms with Crippen LogP contribution in [0.5, 0.6) is 0 Å². The predicted molar refractivity (Wildman–Crippen MR) is 119 cm³/mol. The van der Waals surface area contributed by atoms with E-state index >= 15 is 0 Å². The van der Waals surface area contributed by atoms with Crippen LogP contribution in [0.25, 0.3) is 11.1 Å². The fourth-order valence-corrected chi connectivity index (χ4v) is 3.96. The van der Waals surface area contributed by atoms with Gasteiger partial charge in [0.1, 0.15) is 23.5 Å². The Kier molecular flexibility index (Phi) is 6.63. The Hall–Kier alpha value is -3.28. The van der Waals surface area contributed by atoms with Gasteiger partial charge in [0.05, 0.1) is 11.6 Å². The van der Waals surface area contributed by atoms with Crippen LogP contribution in [0.15, 0.2) is 10.5 Å². The van der Waals surface area contributed by atoms with E-state index in [1.165, 1.54) is 0 Å². The van der Waals surface area contributed by atoms with Gasteiger partial charge in [-0.2, -0.15) is 5.26 Å². The number of carbonyl (C=O) groups excluding carboxylic acids is 3. The highest BCUT2D eigenvalue weighted by Gasteiger charge is 2.32. The quantitative estimate of drug-likeness (QED) is 0.522. The lowest BCUT2D eigenvalue weighted by Crippen LogP contribution is -2.51. The monoisotopic (exact) mass is 441 g/mol. The van der Waals surface area contributed by atoms with E-state index in [4.69, 9.17) is 4.42 Å². The maximum absolute atomic E-state index is 13.0. The maximum atomic E-state index is 13.0. The zero-order valence-corrected chi connectivity index (χ0v) is 19.2. The number of carbonyl (C=O) groups is 3. The Labute approximate surface area is 187 Å². The second-order valence-corrected chi connectivity index (χ2v) is 9.70. The maximum Gasteiger partial charge on any atom is 0.268 e. The summed E-state index contributed by atoms with van der Waals surface area (Å²) in [5, 5.41) is 17.7. The van der Waals surface area contributed by atoms with Gasteiger partial charge >= 0.3 is 0 Å². The molecule has 2 aromatic heterocycles. The summed E-state index contributed by atoms with van der Waals surface area (Å²) in [5.74, 6) is -0.485. The lowest BCUT2D eigenvalue weighted by molar-refractivity contribution is -0.125. The minimum atomic E-state index is -0.840. The van der Waals surface area contributed by atoms with Crippen molar-refractivity contribution in [2.75, 3.05) is 6.54 Å². The van der Waals surface area contributed by atoms with E-state index in [0.717, 1.165) is 16.8 Å². The van der Waals surface area contributed by atoms with Crippen LogP contribution in [0, 0.1) is 36.5 Å². The number of aromatic amines is 1. The molecule has 9 heteroatoms. The van der Waals surface area contributed by atoms with E-state index in [-0.39, 0.29) is 23.7 Å². The largest absolute Gasteiger partial charge is 0.459 e. The summed E-state index contributed by atoms with van der Waals surface area (Å²) in [5.41, 5.74) is 2.31. The van der Waals surface area contributed by atoms with Crippen molar-refractivity contribution in [2.24, 2.45) is 11.3 Å². The molecule has 0 radical (unpaired) electrons. The van der Waals surface area contributed by atoms with Gasteiger partial charge in [0.25, 0.3) is 5.91 Å². The molecule has 32 heavy (non-hydrogen) atoms. The number of aryl methyl sites for hydroxylation is 2. The number of nitriles is 1. The molecule has 1 aliphatic heterocycles. The molecule has 2 aromatic rings. The minimum Gasteiger partial charge on any atom is -0.459 e. The third kappa shape index (κ3) is 5.31. The van der Waals surface area contributed by atoms with E-state index in [0.29, 0.717) is 30.7 Å². The van der Waals surface area contributed by atoms with Crippen LogP contribution in [0.1, 0.15) is 61.8 Å². The molecule has 9 nitrogen and oxygen atoms in total.